The van der Waals surface area contributed by atoms with Crippen LogP contribution in [0.25, 0.3) is 0 Å². The van der Waals surface area contributed by atoms with E-state index in [0.717, 1.165) is 18.8 Å². The van der Waals surface area contributed by atoms with E-state index in [0.29, 0.717) is 6.04 Å². The Morgan fingerprint density at radius 2 is 2.12 bits per heavy atom. The molecule has 4 heteroatoms. The zero-order valence-electron chi connectivity index (χ0n) is 10.9. The van der Waals surface area contributed by atoms with Crippen molar-refractivity contribution in [3.05, 3.63) is 17.5 Å². The van der Waals surface area contributed by atoms with Crippen molar-refractivity contribution in [2.45, 2.75) is 52.9 Å². The van der Waals surface area contributed by atoms with Crippen LogP contribution in [0.3, 0.4) is 0 Å². The first kappa shape index (κ1) is 13.2. The number of hydrogen-bond donors (Lipinski definition) is 1. The average Bonchev–Trinajstić information content (AvgIpc) is 2.55. The molecule has 1 rings (SSSR count). The van der Waals surface area contributed by atoms with Gasteiger partial charge in [0.05, 0.1) is 18.3 Å². The van der Waals surface area contributed by atoms with Crippen LogP contribution in [0.4, 0.5) is 0 Å². The molecule has 0 radical (unpaired) electrons. The minimum atomic E-state index is 0.199. The molecule has 92 valence electrons. The SMILES string of the molecule is COC(C)Cn1cc(CNC(C)C)c(C)n1. The van der Waals surface area contributed by atoms with Gasteiger partial charge in [-0.05, 0) is 13.8 Å². The van der Waals surface area contributed by atoms with Crippen molar-refractivity contribution >= 4 is 0 Å². The maximum absolute atomic E-state index is 5.22. The first-order valence-corrected chi connectivity index (χ1v) is 5.82. The Bertz CT molecular complexity index is 320. The van der Waals surface area contributed by atoms with Crippen LogP contribution >= 0.6 is 0 Å². The highest BCUT2D eigenvalue weighted by Gasteiger charge is 2.07. The second-order valence-corrected chi connectivity index (χ2v) is 4.54. The van der Waals surface area contributed by atoms with Crippen LogP contribution in [0.2, 0.25) is 0 Å². The number of rotatable bonds is 6. The van der Waals surface area contributed by atoms with Gasteiger partial charge < -0.3 is 10.1 Å². The highest BCUT2D eigenvalue weighted by Crippen LogP contribution is 2.06. The van der Waals surface area contributed by atoms with Crippen molar-refractivity contribution in [3.8, 4) is 0 Å². The third-order valence-corrected chi connectivity index (χ3v) is 2.60. The monoisotopic (exact) mass is 225 g/mol. The summed E-state index contributed by atoms with van der Waals surface area (Å²) in [6.07, 6.45) is 2.30. The Hall–Kier alpha value is -0.870. The minimum Gasteiger partial charge on any atom is -0.380 e. The summed E-state index contributed by atoms with van der Waals surface area (Å²) < 4.78 is 7.18. The normalized spacial score (nSPS) is 13.4. The summed E-state index contributed by atoms with van der Waals surface area (Å²) in [7, 11) is 1.72. The lowest BCUT2D eigenvalue weighted by molar-refractivity contribution is 0.0997. The maximum atomic E-state index is 5.22. The predicted molar refractivity (Wildman–Crippen MR) is 65.4 cm³/mol. The number of aromatic nitrogens is 2. The molecule has 0 bridgehead atoms. The maximum Gasteiger partial charge on any atom is 0.0739 e. The van der Waals surface area contributed by atoms with Crippen LogP contribution in [0, 0.1) is 6.92 Å². The third-order valence-electron chi connectivity index (χ3n) is 2.60. The Balaban J connectivity index is 2.59. The van der Waals surface area contributed by atoms with Gasteiger partial charge in [-0.2, -0.15) is 5.10 Å². The fourth-order valence-corrected chi connectivity index (χ4v) is 1.48. The molecule has 0 saturated carbocycles. The number of methoxy groups -OCH3 is 1. The lowest BCUT2D eigenvalue weighted by Crippen LogP contribution is -2.22. The molecule has 1 unspecified atom stereocenters. The third kappa shape index (κ3) is 3.94. The Labute approximate surface area is 98.0 Å². The van der Waals surface area contributed by atoms with E-state index >= 15 is 0 Å². The molecule has 0 aliphatic rings. The zero-order chi connectivity index (χ0) is 12.1. The molecular weight excluding hydrogens is 202 g/mol. The summed E-state index contributed by atoms with van der Waals surface area (Å²) in [6.45, 7) is 10.1. The first-order chi connectivity index (χ1) is 7.52. The van der Waals surface area contributed by atoms with E-state index in [4.69, 9.17) is 4.74 Å². The van der Waals surface area contributed by atoms with Gasteiger partial charge in [0.25, 0.3) is 0 Å². The van der Waals surface area contributed by atoms with Gasteiger partial charge >= 0.3 is 0 Å². The number of nitrogens with one attached hydrogen (secondary N) is 1. The summed E-state index contributed by atoms with van der Waals surface area (Å²) in [4.78, 5) is 0. The highest BCUT2D eigenvalue weighted by molar-refractivity contribution is 5.15. The van der Waals surface area contributed by atoms with Gasteiger partial charge in [0, 0.05) is 31.5 Å². The van der Waals surface area contributed by atoms with E-state index in [1.54, 1.807) is 7.11 Å². The van der Waals surface area contributed by atoms with Crippen LogP contribution in [0.5, 0.6) is 0 Å². The van der Waals surface area contributed by atoms with Crippen LogP contribution in [0.15, 0.2) is 6.20 Å². The summed E-state index contributed by atoms with van der Waals surface area (Å²) in [5, 5.41) is 7.87. The highest BCUT2D eigenvalue weighted by atomic mass is 16.5. The topological polar surface area (TPSA) is 39.1 Å². The molecular formula is C12H23N3O. The number of hydrogen-bond acceptors (Lipinski definition) is 3. The lowest BCUT2D eigenvalue weighted by Gasteiger charge is -2.08. The van der Waals surface area contributed by atoms with E-state index in [1.165, 1.54) is 5.56 Å². The molecule has 1 aromatic heterocycles. The molecule has 0 aliphatic heterocycles. The summed E-state index contributed by atoms with van der Waals surface area (Å²) in [5.41, 5.74) is 2.36. The van der Waals surface area contributed by atoms with Gasteiger partial charge in [-0.1, -0.05) is 13.8 Å². The van der Waals surface area contributed by atoms with Gasteiger partial charge in [0.15, 0.2) is 0 Å². The van der Waals surface area contributed by atoms with E-state index < -0.39 is 0 Å². The molecule has 1 N–H and O–H groups in total. The molecule has 0 amide bonds. The molecule has 1 atom stereocenters. The molecule has 0 spiro atoms. The largest absolute Gasteiger partial charge is 0.380 e. The van der Waals surface area contributed by atoms with Crippen molar-refractivity contribution in [1.82, 2.24) is 15.1 Å². The Morgan fingerprint density at radius 1 is 1.44 bits per heavy atom. The lowest BCUT2D eigenvalue weighted by atomic mass is 10.2. The smallest absolute Gasteiger partial charge is 0.0739 e. The quantitative estimate of drug-likeness (QED) is 0.801. The van der Waals surface area contributed by atoms with Crippen LogP contribution in [0.1, 0.15) is 32.0 Å². The van der Waals surface area contributed by atoms with Crippen molar-refractivity contribution < 1.29 is 4.74 Å². The molecule has 0 fully saturated rings. The van der Waals surface area contributed by atoms with Gasteiger partial charge in [0.1, 0.15) is 0 Å². The van der Waals surface area contributed by atoms with Crippen molar-refractivity contribution in [1.29, 1.82) is 0 Å². The molecule has 4 nitrogen and oxygen atoms in total. The second-order valence-electron chi connectivity index (χ2n) is 4.54. The van der Waals surface area contributed by atoms with E-state index in [1.807, 2.05) is 18.5 Å². The number of ether oxygens (including phenoxy) is 1. The second kappa shape index (κ2) is 6.01. The number of aryl methyl sites for hydroxylation is 1. The molecule has 1 heterocycles. The zero-order valence-corrected chi connectivity index (χ0v) is 10.9. The summed E-state index contributed by atoms with van der Waals surface area (Å²) in [5.74, 6) is 0. The first-order valence-electron chi connectivity index (χ1n) is 5.82. The Kier molecular flexibility index (Phi) is 4.96. The van der Waals surface area contributed by atoms with Crippen molar-refractivity contribution in [2.24, 2.45) is 0 Å². The van der Waals surface area contributed by atoms with Gasteiger partial charge in [-0.25, -0.2) is 0 Å². The molecule has 1 aromatic rings. The van der Waals surface area contributed by atoms with Crippen molar-refractivity contribution in [2.75, 3.05) is 7.11 Å². The van der Waals surface area contributed by atoms with E-state index in [2.05, 4.69) is 30.5 Å². The molecule has 0 saturated heterocycles. The van der Waals surface area contributed by atoms with E-state index in [9.17, 15) is 0 Å². The molecule has 0 aliphatic carbocycles. The molecule has 16 heavy (non-hydrogen) atoms. The van der Waals surface area contributed by atoms with Crippen LogP contribution in [-0.2, 0) is 17.8 Å². The van der Waals surface area contributed by atoms with Crippen molar-refractivity contribution in [3.63, 3.8) is 0 Å². The fraction of sp³-hybridized carbons (Fsp3) is 0.750. The fourth-order valence-electron chi connectivity index (χ4n) is 1.48. The van der Waals surface area contributed by atoms with Gasteiger partial charge in [0.2, 0.25) is 0 Å². The van der Waals surface area contributed by atoms with Crippen LogP contribution in [-0.4, -0.2) is 29.0 Å². The average molecular weight is 225 g/mol. The molecule has 0 aromatic carbocycles. The van der Waals surface area contributed by atoms with Gasteiger partial charge in [-0.3, -0.25) is 4.68 Å². The Morgan fingerprint density at radius 3 is 2.69 bits per heavy atom. The minimum absolute atomic E-state index is 0.199. The van der Waals surface area contributed by atoms with Gasteiger partial charge in [-0.15, -0.1) is 0 Å². The predicted octanol–water partition coefficient (Wildman–Crippen LogP) is 1.72. The van der Waals surface area contributed by atoms with E-state index in [-0.39, 0.29) is 6.10 Å². The van der Waals surface area contributed by atoms with Crippen LogP contribution < -0.4 is 5.32 Å². The number of nitrogens with zero attached hydrogens (tertiary/aromatic N) is 2. The standard InChI is InChI=1S/C12H23N3O/c1-9(2)13-6-12-8-15(14-11(12)4)7-10(3)16-5/h8-10,13H,6-7H2,1-5H3. The summed E-state index contributed by atoms with van der Waals surface area (Å²) in [6, 6.07) is 0.501. The summed E-state index contributed by atoms with van der Waals surface area (Å²) >= 11 is 0.